The van der Waals surface area contributed by atoms with Crippen molar-refractivity contribution in [2.75, 3.05) is 18.5 Å². The number of unbranched alkanes of at least 4 members (excludes halogenated alkanes) is 1. The Morgan fingerprint density at radius 3 is 2.00 bits per heavy atom. The fourth-order valence-electron chi connectivity index (χ4n) is 1.43. The van der Waals surface area contributed by atoms with Crippen LogP contribution in [0.2, 0.25) is 0 Å². The molecule has 0 amide bonds. The number of hydrogen-bond donors (Lipinski definition) is 0. The van der Waals surface area contributed by atoms with Crippen LogP contribution in [0.3, 0.4) is 0 Å². The maximum absolute atomic E-state index is 2.34. The first kappa shape index (κ1) is 12.4. The molecular weight excluding hydrogens is 163 g/mol. The summed E-state index contributed by atoms with van der Waals surface area (Å²) in [6.45, 7) is 9.33. The maximum Gasteiger partial charge on any atom is -0.0326 e. The van der Waals surface area contributed by atoms with E-state index in [9.17, 15) is 0 Å². The monoisotopic (exact) mass is 188 g/mol. The molecule has 12 heavy (non-hydrogen) atoms. The van der Waals surface area contributed by atoms with E-state index in [1.165, 1.54) is 37.7 Å². The molecule has 0 aromatic heterocycles. The molecule has 0 saturated heterocycles. The van der Waals surface area contributed by atoms with Gasteiger partial charge in [-0.3, -0.25) is 0 Å². The van der Waals surface area contributed by atoms with E-state index in [0.29, 0.717) is 7.92 Å². The molecule has 0 radical (unpaired) electrons. The Hall–Kier alpha value is 0.430. The lowest BCUT2D eigenvalue weighted by Gasteiger charge is -2.12. The van der Waals surface area contributed by atoms with Gasteiger partial charge in [-0.2, -0.15) is 0 Å². The third-order valence-corrected chi connectivity index (χ3v) is 5.14. The van der Waals surface area contributed by atoms with E-state index in [4.69, 9.17) is 0 Å². The van der Waals surface area contributed by atoms with Crippen molar-refractivity contribution in [2.24, 2.45) is 5.92 Å². The van der Waals surface area contributed by atoms with Gasteiger partial charge in [0.1, 0.15) is 0 Å². The van der Waals surface area contributed by atoms with Crippen LogP contribution in [0.4, 0.5) is 0 Å². The minimum atomic E-state index is 0.413. The lowest BCUT2D eigenvalue weighted by molar-refractivity contribution is 0.551. The Kier molecular flexibility index (Phi) is 8.34. The molecule has 0 rings (SSSR count). The first-order valence-corrected chi connectivity index (χ1v) is 7.32. The van der Waals surface area contributed by atoms with Crippen molar-refractivity contribution in [2.45, 2.75) is 47.0 Å². The quantitative estimate of drug-likeness (QED) is 0.412. The first-order chi connectivity index (χ1) is 5.70. The van der Waals surface area contributed by atoms with Crippen molar-refractivity contribution in [1.82, 2.24) is 0 Å². The van der Waals surface area contributed by atoms with Crippen LogP contribution < -0.4 is 0 Å². The third-order valence-electron chi connectivity index (χ3n) is 2.40. The Morgan fingerprint density at radius 1 is 1.00 bits per heavy atom. The van der Waals surface area contributed by atoms with Crippen molar-refractivity contribution in [3.8, 4) is 0 Å². The van der Waals surface area contributed by atoms with Crippen LogP contribution >= 0.6 is 7.92 Å². The van der Waals surface area contributed by atoms with E-state index in [1.807, 2.05) is 0 Å². The minimum Gasteiger partial charge on any atom is -0.107 e. The largest absolute Gasteiger partial charge is 0.107 e. The van der Waals surface area contributed by atoms with Gasteiger partial charge < -0.3 is 0 Å². The molecule has 0 fully saturated rings. The predicted molar refractivity (Wildman–Crippen MR) is 61.6 cm³/mol. The Labute approximate surface area is 79.9 Å². The van der Waals surface area contributed by atoms with Gasteiger partial charge in [0.2, 0.25) is 0 Å². The van der Waals surface area contributed by atoms with E-state index in [1.54, 1.807) is 0 Å². The molecule has 0 aliphatic heterocycles. The SMILES string of the molecule is CCP(CC)CCCCC(C)C. The summed E-state index contributed by atoms with van der Waals surface area (Å²) in [5, 5.41) is 0. The van der Waals surface area contributed by atoms with Crippen LogP contribution in [0, 0.1) is 5.92 Å². The molecule has 0 aromatic rings. The van der Waals surface area contributed by atoms with Crippen LogP contribution in [0.15, 0.2) is 0 Å². The molecule has 0 atom stereocenters. The summed E-state index contributed by atoms with van der Waals surface area (Å²) in [7, 11) is 0.413. The molecule has 0 aromatic carbocycles. The second-order valence-corrected chi connectivity index (χ2v) is 6.97. The normalized spacial score (nSPS) is 11.5. The summed E-state index contributed by atoms with van der Waals surface area (Å²) >= 11 is 0. The van der Waals surface area contributed by atoms with Gasteiger partial charge in [0.15, 0.2) is 0 Å². The second kappa shape index (κ2) is 8.05. The summed E-state index contributed by atoms with van der Waals surface area (Å²) in [6.07, 6.45) is 8.76. The summed E-state index contributed by atoms with van der Waals surface area (Å²) < 4.78 is 0. The Morgan fingerprint density at radius 2 is 1.58 bits per heavy atom. The molecule has 0 unspecified atom stereocenters. The lowest BCUT2D eigenvalue weighted by atomic mass is 10.1. The molecular formula is C11H25P. The van der Waals surface area contributed by atoms with Crippen LogP contribution in [0.25, 0.3) is 0 Å². The second-order valence-electron chi connectivity index (χ2n) is 3.92. The molecule has 1 heteroatoms. The predicted octanol–water partition coefficient (Wildman–Crippen LogP) is 4.33. The third kappa shape index (κ3) is 7.10. The minimum absolute atomic E-state index is 0.413. The van der Waals surface area contributed by atoms with Crippen LogP contribution in [-0.2, 0) is 0 Å². The van der Waals surface area contributed by atoms with Gasteiger partial charge in [-0.25, -0.2) is 0 Å². The lowest BCUT2D eigenvalue weighted by Crippen LogP contribution is -1.92. The smallest absolute Gasteiger partial charge is 0.0326 e. The standard InChI is InChI=1S/C11H25P/c1-5-12(6-2)10-8-7-9-11(3)4/h11H,5-10H2,1-4H3. The molecule has 0 aliphatic rings. The highest BCUT2D eigenvalue weighted by Crippen LogP contribution is 2.35. The number of rotatable bonds is 7. The molecule has 0 N–H and O–H groups in total. The Bertz CT molecular complexity index is 85.0. The van der Waals surface area contributed by atoms with Crippen molar-refractivity contribution in [1.29, 1.82) is 0 Å². The zero-order chi connectivity index (χ0) is 9.40. The van der Waals surface area contributed by atoms with Gasteiger partial charge in [-0.15, -0.1) is 7.92 Å². The topological polar surface area (TPSA) is 0 Å². The van der Waals surface area contributed by atoms with Crippen LogP contribution in [0.5, 0.6) is 0 Å². The van der Waals surface area contributed by atoms with Gasteiger partial charge in [-0.05, 0) is 30.8 Å². The van der Waals surface area contributed by atoms with Crippen LogP contribution in [0.1, 0.15) is 47.0 Å². The van der Waals surface area contributed by atoms with Crippen molar-refractivity contribution in [3.05, 3.63) is 0 Å². The van der Waals surface area contributed by atoms with Gasteiger partial charge in [0.25, 0.3) is 0 Å². The van der Waals surface area contributed by atoms with E-state index in [-0.39, 0.29) is 0 Å². The van der Waals surface area contributed by atoms with Gasteiger partial charge in [0.05, 0.1) is 0 Å². The maximum atomic E-state index is 2.34. The summed E-state index contributed by atoms with van der Waals surface area (Å²) in [6, 6.07) is 0. The summed E-state index contributed by atoms with van der Waals surface area (Å²) in [5.41, 5.74) is 0. The molecule has 0 aliphatic carbocycles. The average molecular weight is 188 g/mol. The van der Waals surface area contributed by atoms with E-state index in [0.717, 1.165) is 5.92 Å². The van der Waals surface area contributed by atoms with E-state index < -0.39 is 0 Å². The van der Waals surface area contributed by atoms with Crippen molar-refractivity contribution < 1.29 is 0 Å². The van der Waals surface area contributed by atoms with E-state index in [2.05, 4.69) is 27.7 Å². The zero-order valence-electron chi connectivity index (χ0n) is 9.27. The van der Waals surface area contributed by atoms with Gasteiger partial charge in [0, 0.05) is 0 Å². The molecule has 74 valence electrons. The van der Waals surface area contributed by atoms with Crippen molar-refractivity contribution in [3.63, 3.8) is 0 Å². The molecule has 0 heterocycles. The highest BCUT2D eigenvalue weighted by Gasteiger charge is 2.01. The highest BCUT2D eigenvalue weighted by molar-refractivity contribution is 7.57. The van der Waals surface area contributed by atoms with E-state index >= 15 is 0 Å². The van der Waals surface area contributed by atoms with Crippen LogP contribution in [-0.4, -0.2) is 18.5 Å². The fourth-order valence-corrected chi connectivity index (χ4v) is 3.18. The summed E-state index contributed by atoms with van der Waals surface area (Å²) in [4.78, 5) is 0. The van der Waals surface area contributed by atoms with Gasteiger partial charge >= 0.3 is 0 Å². The average Bonchev–Trinajstić information content (AvgIpc) is 2.04. The highest BCUT2D eigenvalue weighted by atomic mass is 31.1. The fraction of sp³-hybridized carbons (Fsp3) is 1.00. The Balaban J connectivity index is 3.17. The summed E-state index contributed by atoms with van der Waals surface area (Å²) in [5.74, 6) is 0.902. The van der Waals surface area contributed by atoms with Gasteiger partial charge in [-0.1, -0.05) is 40.5 Å². The molecule has 0 nitrogen and oxygen atoms in total. The molecule has 0 saturated carbocycles. The zero-order valence-corrected chi connectivity index (χ0v) is 10.2. The number of hydrogen-bond acceptors (Lipinski definition) is 0. The van der Waals surface area contributed by atoms with Crippen molar-refractivity contribution >= 4 is 7.92 Å². The first-order valence-electron chi connectivity index (χ1n) is 5.43. The molecule has 0 spiro atoms. The molecule has 0 bridgehead atoms.